The molecule has 3 heterocycles. The number of aromatic nitrogens is 5. The minimum absolute atomic E-state index is 0.00529. The molecule has 0 amide bonds. The van der Waals surface area contributed by atoms with Crippen LogP contribution in [0.3, 0.4) is 0 Å². The quantitative estimate of drug-likeness (QED) is 0.395. The first-order valence-corrected chi connectivity index (χ1v) is 10.8. The maximum atomic E-state index is 14.5. The van der Waals surface area contributed by atoms with Crippen LogP contribution in [0.25, 0.3) is 22.3 Å². The molecule has 33 heavy (non-hydrogen) atoms. The smallest absolute Gasteiger partial charge is 0.183 e. The molecular weight excluding hydrogens is 431 g/mol. The van der Waals surface area contributed by atoms with Crippen LogP contribution in [0.2, 0.25) is 0 Å². The summed E-state index contributed by atoms with van der Waals surface area (Å²) in [6.07, 6.45) is 7.64. The van der Waals surface area contributed by atoms with Gasteiger partial charge in [-0.05, 0) is 38.7 Å². The lowest BCUT2D eigenvalue weighted by Gasteiger charge is -2.31. The average molecular weight is 453 g/mol. The van der Waals surface area contributed by atoms with Crippen molar-refractivity contribution in [2.24, 2.45) is 0 Å². The highest BCUT2D eigenvalue weighted by Crippen LogP contribution is 2.30. The molecule has 1 fully saturated rings. The molecule has 3 N–H and O–H groups in total. The maximum Gasteiger partial charge on any atom is 0.183 e. The molecule has 5 rings (SSSR count). The Hall–Kier alpha value is -3.69. The van der Waals surface area contributed by atoms with Gasteiger partial charge in [0.05, 0.1) is 11.7 Å². The summed E-state index contributed by atoms with van der Waals surface area (Å²) < 4.78 is 42.4. The van der Waals surface area contributed by atoms with E-state index in [0.717, 1.165) is 49.5 Å². The highest BCUT2D eigenvalue weighted by molar-refractivity contribution is 5.94. The zero-order chi connectivity index (χ0) is 22.9. The van der Waals surface area contributed by atoms with Gasteiger partial charge in [-0.3, -0.25) is 0 Å². The van der Waals surface area contributed by atoms with E-state index < -0.39 is 17.5 Å². The van der Waals surface area contributed by atoms with Gasteiger partial charge in [-0.15, -0.1) is 0 Å². The van der Waals surface area contributed by atoms with Crippen LogP contribution in [-0.2, 0) is 0 Å². The number of aryl methyl sites for hydroxylation is 1. The van der Waals surface area contributed by atoms with Gasteiger partial charge >= 0.3 is 0 Å². The standard InChI is InChI=1S/C23H22F3N7/c1-12-5-20(30-11-29-12)31-14-3-2-4-15(8-14)32-23-19(26)10-28-22(33-23)17-9-27-21-16(17)6-13(24)7-18(21)25/h5-7,9-11,14-15,27H,2-4,8H2,1H3,(H,28,32,33)(H,29,30,31). The van der Waals surface area contributed by atoms with Gasteiger partial charge in [0.2, 0.25) is 0 Å². The summed E-state index contributed by atoms with van der Waals surface area (Å²) in [7, 11) is 0. The van der Waals surface area contributed by atoms with E-state index in [9.17, 15) is 13.2 Å². The molecule has 0 spiro atoms. The van der Waals surface area contributed by atoms with Crippen LogP contribution in [0.5, 0.6) is 0 Å². The normalized spacial score (nSPS) is 18.4. The average Bonchev–Trinajstić information content (AvgIpc) is 3.20. The molecule has 3 aromatic heterocycles. The van der Waals surface area contributed by atoms with E-state index in [2.05, 4.69) is 35.6 Å². The van der Waals surface area contributed by atoms with Crippen LogP contribution >= 0.6 is 0 Å². The number of aromatic amines is 1. The molecule has 1 aliphatic rings. The van der Waals surface area contributed by atoms with Crippen LogP contribution in [0, 0.1) is 24.4 Å². The fourth-order valence-electron chi connectivity index (χ4n) is 4.33. The van der Waals surface area contributed by atoms with E-state index in [1.165, 1.54) is 18.6 Å². The van der Waals surface area contributed by atoms with E-state index >= 15 is 0 Å². The fourth-order valence-corrected chi connectivity index (χ4v) is 4.33. The van der Waals surface area contributed by atoms with Gasteiger partial charge in [0.15, 0.2) is 17.5 Å². The third kappa shape index (κ3) is 4.46. The van der Waals surface area contributed by atoms with Gasteiger partial charge < -0.3 is 15.6 Å². The number of hydrogen-bond donors (Lipinski definition) is 3. The van der Waals surface area contributed by atoms with Crippen molar-refractivity contribution in [1.82, 2.24) is 24.9 Å². The zero-order valence-electron chi connectivity index (χ0n) is 17.9. The van der Waals surface area contributed by atoms with Gasteiger partial charge in [-0.1, -0.05) is 0 Å². The van der Waals surface area contributed by atoms with Crippen LogP contribution < -0.4 is 10.6 Å². The summed E-state index contributed by atoms with van der Waals surface area (Å²) in [5, 5.41) is 6.91. The number of fused-ring (bicyclic) bond motifs is 1. The van der Waals surface area contributed by atoms with Crippen LogP contribution in [0.1, 0.15) is 31.4 Å². The molecule has 1 aromatic carbocycles. The first kappa shape index (κ1) is 21.2. The predicted octanol–water partition coefficient (Wildman–Crippen LogP) is 4.98. The molecule has 10 heteroatoms. The Bertz CT molecular complexity index is 1310. The number of anilines is 2. The molecule has 2 atom stereocenters. The Labute approximate surface area is 187 Å². The summed E-state index contributed by atoms with van der Waals surface area (Å²) in [6, 6.07) is 4.07. The number of rotatable bonds is 5. The highest BCUT2D eigenvalue weighted by atomic mass is 19.1. The van der Waals surface area contributed by atoms with Crippen molar-refractivity contribution in [2.45, 2.75) is 44.7 Å². The summed E-state index contributed by atoms with van der Waals surface area (Å²) in [6.45, 7) is 1.91. The lowest BCUT2D eigenvalue weighted by Crippen LogP contribution is -2.35. The monoisotopic (exact) mass is 453 g/mol. The SMILES string of the molecule is Cc1cc(NC2CCCC(Nc3nc(-c4c[nH]c5c(F)cc(F)cc45)ncc3F)C2)ncn1. The van der Waals surface area contributed by atoms with Crippen molar-refractivity contribution >= 4 is 22.5 Å². The number of H-pyrrole nitrogens is 1. The Morgan fingerprint density at radius 3 is 2.61 bits per heavy atom. The Morgan fingerprint density at radius 2 is 1.79 bits per heavy atom. The van der Waals surface area contributed by atoms with E-state index in [1.807, 2.05) is 13.0 Å². The van der Waals surface area contributed by atoms with E-state index in [1.54, 1.807) is 0 Å². The second kappa shape index (κ2) is 8.68. The zero-order valence-corrected chi connectivity index (χ0v) is 17.9. The second-order valence-electron chi connectivity index (χ2n) is 8.30. The number of hydrogen-bond acceptors (Lipinski definition) is 6. The maximum absolute atomic E-state index is 14.5. The molecule has 0 bridgehead atoms. The highest BCUT2D eigenvalue weighted by Gasteiger charge is 2.24. The van der Waals surface area contributed by atoms with Crippen molar-refractivity contribution in [3.63, 3.8) is 0 Å². The summed E-state index contributed by atoms with van der Waals surface area (Å²) in [5.74, 6) is -0.996. The van der Waals surface area contributed by atoms with E-state index in [-0.39, 0.29) is 29.2 Å². The van der Waals surface area contributed by atoms with Crippen LogP contribution in [-0.4, -0.2) is 37.0 Å². The molecule has 7 nitrogen and oxygen atoms in total. The van der Waals surface area contributed by atoms with E-state index in [0.29, 0.717) is 10.9 Å². The van der Waals surface area contributed by atoms with Gasteiger partial charge in [-0.2, -0.15) is 0 Å². The predicted molar refractivity (Wildman–Crippen MR) is 119 cm³/mol. The number of nitrogens with zero attached hydrogens (tertiary/aromatic N) is 4. The largest absolute Gasteiger partial charge is 0.367 e. The number of nitrogens with one attached hydrogen (secondary N) is 3. The van der Waals surface area contributed by atoms with Crippen molar-refractivity contribution < 1.29 is 13.2 Å². The topological polar surface area (TPSA) is 91.4 Å². The van der Waals surface area contributed by atoms with Gasteiger partial charge in [0.1, 0.15) is 23.8 Å². The molecule has 1 saturated carbocycles. The van der Waals surface area contributed by atoms with Crippen LogP contribution in [0.4, 0.5) is 24.8 Å². The lowest BCUT2D eigenvalue weighted by molar-refractivity contribution is 0.424. The van der Waals surface area contributed by atoms with Gasteiger partial charge in [0.25, 0.3) is 0 Å². The summed E-state index contributed by atoms with van der Waals surface area (Å²) in [5.41, 5.74) is 1.43. The molecular formula is C23H22F3N7. The van der Waals surface area contributed by atoms with Gasteiger partial charge in [-0.25, -0.2) is 33.1 Å². The minimum atomic E-state index is -0.712. The molecule has 0 aliphatic heterocycles. The second-order valence-corrected chi connectivity index (χ2v) is 8.30. The summed E-state index contributed by atoms with van der Waals surface area (Å²) in [4.78, 5) is 19.5. The first-order chi connectivity index (χ1) is 16.0. The van der Waals surface area contributed by atoms with Crippen LogP contribution in [0.15, 0.2) is 36.9 Å². The Balaban J connectivity index is 1.36. The number of benzene rings is 1. The van der Waals surface area contributed by atoms with Crippen molar-refractivity contribution in [1.29, 1.82) is 0 Å². The minimum Gasteiger partial charge on any atom is -0.367 e. The molecule has 0 radical (unpaired) electrons. The molecule has 0 saturated heterocycles. The molecule has 1 aliphatic carbocycles. The molecule has 170 valence electrons. The molecule has 2 unspecified atom stereocenters. The Kier molecular flexibility index (Phi) is 5.57. The lowest BCUT2D eigenvalue weighted by atomic mass is 9.91. The van der Waals surface area contributed by atoms with Crippen molar-refractivity contribution in [3.05, 3.63) is 60.1 Å². The fraction of sp³-hybridized carbons (Fsp3) is 0.304. The third-order valence-electron chi connectivity index (χ3n) is 5.86. The molecule has 4 aromatic rings. The van der Waals surface area contributed by atoms with Crippen molar-refractivity contribution in [3.8, 4) is 11.4 Å². The van der Waals surface area contributed by atoms with Crippen molar-refractivity contribution in [2.75, 3.05) is 10.6 Å². The summed E-state index contributed by atoms with van der Waals surface area (Å²) >= 11 is 0. The first-order valence-electron chi connectivity index (χ1n) is 10.8. The van der Waals surface area contributed by atoms with E-state index in [4.69, 9.17) is 0 Å². The third-order valence-corrected chi connectivity index (χ3v) is 5.86. The Morgan fingerprint density at radius 1 is 0.970 bits per heavy atom. The van der Waals surface area contributed by atoms with Gasteiger partial charge in [0, 0.05) is 47.1 Å². The number of halogens is 3.